The van der Waals surface area contributed by atoms with Crippen molar-refractivity contribution in [2.45, 2.75) is 45.8 Å². The zero-order valence-corrected chi connectivity index (χ0v) is 28.9. The molecule has 9 heteroatoms. The minimum Gasteiger partial charge on any atom is -0.430 e. The van der Waals surface area contributed by atoms with Crippen molar-refractivity contribution < 1.29 is 16.5 Å². The summed E-state index contributed by atoms with van der Waals surface area (Å²) >= 11 is 0. The van der Waals surface area contributed by atoms with Gasteiger partial charge in [0.05, 0.1) is 0 Å². The number of hydrogen-bond acceptors (Lipinski definition) is 4. The van der Waals surface area contributed by atoms with Crippen LogP contribution in [-0.2, 0) is 16.5 Å². The van der Waals surface area contributed by atoms with Gasteiger partial charge in [-0.3, -0.25) is 0 Å². The summed E-state index contributed by atoms with van der Waals surface area (Å²) in [5.74, 6) is 0. The molecule has 0 aliphatic heterocycles. The van der Waals surface area contributed by atoms with E-state index in [1.165, 1.54) is 0 Å². The van der Waals surface area contributed by atoms with Gasteiger partial charge in [0.25, 0.3) is 0 Å². The standard InChI is InChI=1S/C29H42O4Si5/c1-10-34(3,4)30-36(7,27-21-15-12-16-22-27)32-38(9,29-25-19-14-20-26-29)33-37(8,31-35(5,6)11-2)28-23-17-13-18-24-28/h10-26H,1-2H2,3-9H3. The van der Waals surface area contributed by atoms with E-state index in [9.17, 15) is 0 Å². The molecule has 0 amide bonds. The van der Waals surface area contributed by atoms with Gasteiger partial charge in [-0.2, -0.15) is 0 Å². The van der Waals surface area contributed by atoms with Crippen molar-refractivity contribution in [3.05, 3.63) is 116 Å². The van der Waals surface area contributed by atoms with Gasteiger partial charge in [-0.05, 0) is 61.4 Å². The molecule has 0 saturated heterocycles. The van der Waals surface area contributed by atoms with Crippen LogP contribution in [-0.4, -0.2) is 42.3 Å². The minimum absolute atomic E-state index is 1.05. The van der Waals surface area contributed by atoms with Gasteiger partial charge in [0.15, 0.2) is 16.6 Å². The summed E-state index contributed by atoms with van der Waals surface area (Å²) in [7, 11) is -13.5. The SMILES string of the molecule is C=C[Si](C)(C)O[Si](C)(O[Si](C)(O[Si](C)(O[Si](C)(C)C=C)c1ccccc1)c1ccccc1)c1ccccc1. The minimum atomic E-state index is -3.14. The van der Waals surface area contributed by atoms with Crippen LogP contribution < -0.4 is 15.6 Å². The van der Waals surface area contributed by atoms with E-state index in [1.54, 1.807) is 0 Å². The second-order valence-electron chi connectivity index (χ2n) is 11.0. The molecule has 0 saturated carbocycles. The highest BCUT2D eigenvalue weighted by Gasteiger charge is 2.53. The molecule has 2 atom stereocenters. The topological polar surface area (TPSA) is 36.9 Å². The highest BCUT2D eigenvalue weighted by atomic mass is 28.5. The Morgan fingerprint density at radius 1 is 0.421 bits per heavy atom. The smallest absolute Gasteiger partial charge is 0.352 e. The summed E-state index contributed by atoms with van der Waals surface area (Å²) < 4.78 is 28.7. The van der Waals surface area contributed by atoms with Gasteiger partial charge in [0.2, 0.25) is 0 Å². The molecule has 0 aliphatic rings. The molecule has 0 spiro atoms. The molecule has 0 aliphatic carbocycles. The molecular formula is C29H42O4Si5. The maximum absolute atomic E-state index is 7.37. The van der Waals surface area contributed by atoms with Crippen LogP contribution in [0.5, 0.6) is 0 Å². The molecule has 202 valence electrons. The van der Waals surface area contributed by atoms with E-state index < -0.39 is 42.3 Å². The first-order chi connectivity index (χ1) is 17.8. The molecule has 3 aromatic carbocycles. The number of hydrogen-bond donors (Lipinski definition) is 0. The average molecular weight is 595 g/mol. The third kappa shape index (κ3) is 7.59. The van der Waals surface area contributed by atoms with E-state index in [4.69, 9.17) is 16.5 Å². The van der Waals surface area contributed by atoms with Crippen molar-refractivity contribution in [2.75, 3.05) is 0 Å². The summed E-state index contributed by atoms with van der Waals surface area (Å²) in [4.78, 5) is 0. The molecule has 0 bridgehead atoms. The van der Waals surface area contributed by atoms with Gasteiger partial charge >= 0.3 is 25.7 Å². The molecule has 4 nitrogen and oxygen atoms in total. The maximum atomic E-state index is 7.37. The van der Waals surface area contributed by atoms with Crippen LogP contribution in [0.15, 0.2) is 116 Å². The van der Waals surface area contributed by atoms with Crippen LogP contribution in [0.25, 0.3) is 0 Å². The summed E-state index contributed by atoms with van der Waals surface area (Å²) in [5, 5.41) is 3.20. The number of benzene rings is 3. The fourth-order valence-corrected chi connectivity index (χ4v) is 26.0. The largest absolute Gasteiger partial charge is 0.430 e. The average Bonchev–Trinajstić information content (AvgIpc) is 2.89. The zero-order chi connectivity index (χ0) is 28.1. The fraction of sp³-hybridized carbons (Fsp3) is 0.241. The van der Waals surface area contributed by atoms with Crippen molar-refractivity contribution in [1.29, 1.82) is 0 Å². The van der Waals surface area contributed by atoms with Crippen molar-refractivity contribution in [3.63, 3.8) is 0 Å². The van der Waals surface area contributed by atoms with E-state index in [-0.39, 0.29) is 0 Å². The lowest BCUT2D eigenvalue weighted by Gasteiger charge is -2.45. The van der Waals surface area contributed by atoms with Crippen molar-refractivity contribution in [2.24, 2.45) is 0 Å². The Balaban J connectivity index is 2.20. The Labute approximate surface area is 235 Å². The summed E-state index contributed by atoms with van der Waals surface area (Å²) in [6, 6.07) is 31.0. The molecule has 3 aromatic rings. The lowest BCUT2D eigenvalue weighted by Crippen LogP contribution is -2.71. The highest BCUT2D eigenvalue weighted by Crippen LogP contribution is 2.27. The van der Waals surface area contributed by atoms with Crippen LogP contribution in [0.3, 0.4) is 0 Å². The summed E-state index contributed by atoms with van der Waals surface area (Å²) in [6.45, 7) is 23.2. The molecule has 2 unspecified atom stereocenters. The van der Waals surface area contributed by atoms with Crippen LogP contribution in [0.2, 0.25) is 45.8 Å². The van der Waals surface area contributed by atoms with Crippen molar-refractivity contribution >= 4 is 57.9 Å². The van der Waals surface area contributed by atoms with Crippen molar-refractivity contribution in [1.82, 2.24) is 0 Å². The Kier molecular flexibility index (Phi) is 9.72. The zero-order valence-electron chi connectivity index (χ0n) is 23.9. The molecule has 0 aromatic heterocycles. The predicted octanol–water partition coefficient (Wildman–Crippen LogP) is 5.85. The first kappa shape index (κ1) is 30.6. The first-order valence-corrected chi connectivity index (χ1v) is 25.9. The second-order valence-corrected chi connectivity index (χ2v) is 28.9. The number of rotatable bonds is 13. The van der Waals surface area contributed by atoms with Crippen LogP contribution in [0.1, 0.15) is 0 Å². The van der Waals surface area contributed by atoms with Gasteiger partial charge in [0, 0.05) is 0 Å². The Hall–Kier alpha value is -1.94. The Bertz CT molecular complexity index is 1130. The van der Waals surface area contributed by atoms with Gasteiger partial charge in [-0.15, -0.1) is 13.2 Å². The Morgan fingerprint density at radius 2 is 0.658 bits per heavy atom. The first-order valence-electron chi connectivity index (χ1n) is 13.0. The highest BCUT2D eigenvalue weighted by molar-refractivity contribution is 7.01. The van der Waals surface area contributed by atoms with Gasteiger partial charge < -0.3 is 16.5 Å². The van der Waals surface area contributed by atoms with Crippen LogP contribution in [0, 0.1) is 0 Å². The van der Waals surface area contributed by atoms with E-state index in [0.717, 1.165) is 15.6 Å². The predicted molar refractivity (Wildman–Crippen MR) is 173 cm³/mol. The summed E-state index contributed by atoms with van der Waals surface area (Å²) in [5.41, 5.74) is 3.94. The van der Waals surface area contributed by atoms with Gasteiger partial charge in [0.1, 0.15) is 0 Å². The second kappa shape index (κ2) is 12.1. The monoisotopic (exact) mass is 594 g/mol. The molecule has 0 fully saturated rings. The maximum Gasteiger partial charge on any atom is 0.352 e. The lowest BCUT2D eigenvalue weighted by atomic mass is 10.4. The van der Waals surface area contributed by atoms with E-state index in [2.05, 4.69) is 95.4 Å². The fourth-order valence-electron chi connectivity index (χ4n) is 4.47. The van der Waals surface area contributed by atoms with Gasteiger partial charge in [-0.1, -0.05) is 102 Å². The molecule has 0 N–H and O–H groups in total. The lowest BCUT2D eigenvalue weighted by molar-refractivity contribution is 0.314. The van der Waals surface area contributed by atoms with E-state index in [0.29, 0.717) is 0 Å². The van der Waals surface area contributed by atoms with E-state index in [1.807, 2.05) is 66.0 Å². The quantitative estimate of drug-likeness (QED) is 0.233. The summed E-state index contributed by atoms with van der Waals surface area (Å²) in [6.07, 6.45) is 0. The third-order valence-electron chi connectivity index (χ3n) is 6.57. The van der Waals surface area contributed by atoms with Crippen molar-refractivity contribution in [3.8, 4) is 0 Å². The van der Waals surface area contributed by atoms with Crippen LogP contribution >= 0.6 is 0 Å². The molecule has 38 heavy (non-hydrogen) atoms. The Morgan fingerprint density at radius 3 is 0.895 bits per heavy atom. The molecule has 3 rings (SSSR count). The molecule has 0 heterocycles. The van der Waals surface area contributed by atoms with Gasteiger partial charge in [-0.25, -0.2) is 0 Å². The molecule has 0 radical (unpaired) electrons. The third-order valence-corrected chi connectivity index (χ3v) is 26.2. The molecular weight excluding hydrogens is 553 g/mol. The van der Waals surface area contributed by atoms with Crippen LogP contribution in [0.4, 0.5) is 0 Å². The normalized spacial score (nSPS) is 17.0. The van der Waals surface area contributed by atoms with E-state index >= 15 is 0 Å².